The van der Waals surface area contributed by atoms with Gasteiger partial charge in [-0.2, -0.15) is 0 Å². The average Bonchev–Trinajstić information content (AvgIpc) is 2.83. The number of alkyl carbamates (subject to hydrolysis) is 1. The predicted octanol–water partition coefficient (Wildman–Crippen LogP) is -2.92. The molecule has 0 unspecified atom stereocenters. The Morgan fingerprint density at radius 3 is 2.05 bits per heavy atom. The summed E-state index contributed by atoms with van der Waals surface area (Å²) in [6.07, 6.45) is -12.8. The average molecular weight is 555 g/mol. The number of hydrogen-bond acceptors (Lipinski definition) is 13. The highest BCUT2D eigenvalue weighted by molar-refractivity contribution is 5.73. The number of hydrogen-bond donors (Lipinski definition) is 8. The van der Waals surface area contributed by atoms with Crippen molar-refractivity contribution in [1.29, 1.82) is 0 Å². The van der Waals surface area contributed by atoms with Crippen molar-refractivity contribution in [3.05, 3.63) is 0 Å². The van der Waals surface area contributed by atoms with Crippen molar-refractivity contribution in [1.82, 2.24) is 10.6 Å². The van der Waals surface area contributed by atoms with Gasteiger partial charge in [-0.3, -0.25) is 4.79 Å². The third-order valence-electron chi connectivity index (χ3n) is 5.88. The molecule has 0 saturated carbocycles. The topological polar surface area (TPSA) is 226 Å². The molecule has 0 aromatic carbocycles. The number of aliphatic hydroxyl groups excluding tert-OH is 6. The van der Waals surface area contributed by atoms with Crippen LogP contribution in [-0.4, -0.2) is 136 Å². The Balaban J connectivity index is 2.04. The minimum Gasteiger partial charge on any atom is -0.444 e. The minimum atomic E-state index is -1.76. The van der Waals surface area contributed by atoms with E-state index in [0.29, 0.717) is 19.4 Å². The van der Waals surface area contributed by atoms with Crippen LogP contribution in [0.2, 0.25) is 0 Å². The molecule has 38 heavy (non-hydrogen) atoms. The number of amides is 2. The molecule has 2 heterocycles. The first-order chi connectivity index (χ1) is 17.8. The fourth-order valence-corrected chi connectivity index (χ4v) is 4.03. The van der Waals surface area contributed by atoms with Crippen molar-refractivity contribution < 1.29 is 63.9 Å². The lowest BCUT2D eigenvalue weighted by atomic mass is 9.95. The Labute approximate surface area is 221 Å². The van der Waals surface area contributed by atoms with Crippen LogP contribution in [0.4, 0.5) is 4.79 Å². The first-order valence-corrected chi connectivity index (χ1v) is 12.5. The van der Waals surface area contributed by atoms with Crippen LogP contribution in [0.25, 0.3) is 0 Å². The van der Waals surface area contributed by atoms with Crippen molar-refractivity contribution in [3.8, 4) is 0 Å². The molecule has 15 heteroatoms. The van der Waals surface area contributed by atoms with E-state index in [9.17, 15) is 40.2 Å². The Kier molecular flexibility index (Phi) is 12.5. The largest absolute Gasteiger partial charge is 0.444 e. The second-order valence-electron chi connectivity index (χ2n) is 10.2. The monoisotopic (exact) mass is 554 g/mol. The zero-order chi connectivity index (χ0) is 28.6. The van der Waals surface area contributed by atoms with E-state index in [4.69, 9.17) is 23.7 Å². The van der Waals surface area contributed by atoms with Gasteiger partial charge in [0.15, 0.2) is 12.6 Å². The Bertz CT molecular complexity index is 749. The molecule has 15 nitrogen and oxygen atoms in total. The Morgan fingerprint density at radius 2 is 1.47 bits per heavy atom. The first-order valence-electron chi connectivity index (χ1n) is 12.5. The lowest BCUT2D eigenvalue weighted by molar-refractivity contribution is -0.344. The Hall–Kier alpha value is -1.66. The summed E-state index contributed by atoms with van der Waals surface area (Å²) in [7, 11) is 0. The fourth-order valence-electron chi connectivity index (χ4n) is 4.03. The van der Waals surface area contributed by atoms with Gasteiger partial charge in [0.05, 0.1) is 13.2 Å². The SMILES string of the molecule is CC(=O)N[C@H]1[C@@H](OCCCCNC(=O)OC(C)(C)C)O[C@H](CO)[C@@H](O)[C@@H]1O[C@@H]1O[C@H](CO)[C@H](O)[C@H](O)[C@H]1O. The van der Waals surface area contributed by atoms with Crippen LogP contribution in [0.15, 0.2) is 0 Å². The van der Waals surface area contributed by atoms with E-state index in [1.807, 2.05) is 0 Å². The maximum Gasteiger partial charge on any atom is 0.407 e. The second-order valence-corrected chi connectivity index (χ2v) is 10.2. The fraction of sp³-hybridized carbons (Fsp3) is 0.913. The van der Waals surface area contributed by atoms with E-state index in [1.165, 1.54) is 6.92 Å². The normalized spacial score (nSPS) is 35.9. The van der Waals surface area contributed by atoms with Gasteiger partial charge in [0.25, 0.3) is 0 Å². The lowest BCUT2D eigenvalue weighted by Crippen LogP contribution is -2.68. The van der Waals surface area contributed by atoms with Gasteiger partial charge in [-0.1, -0.05) is 0 Å². The van der Waals surface area contributed by atoms with E-state index in [0.717, 1.165) is 0 Å². The number of nitrogens with one attached hydrogen (secondary N) is 2. The van der Waals surface area contributed by atoms with Gasteiger partial charge < -0.3 is 65.0 Å². The molecule has 0 aromatic rings. The quantitative estimate of drug-likeness (QED) is 0.120. The number of unbranched alkanes of at least 4 members (excludes halogenated alkanes) is 1. The van der Waals surface area contributed by atoms with E-state index >= 15 is 0 Å². The van der Waals surface area contributed by atoms with Crippen molar-refractivity contribution >= 4 is 12.0 Å². The first kappa shape index (κ1) is 32.6. The van der Waals surface area contributed by atoms with E-state index in [-0.39, 0.29) is 6.61 Å². The summed E-state index contributed by atoms with van der Waals surface area (Å²) < 4.78 is 27.7. The van der Waals surface area contributed by atoms with E-state index in [1.54, 1.807) is 20.8 Å². The molecule has 2 amide bonds. The lowest BCUT2D eigenvalue weighted by Gasteiger charge is -2.47. The molecule has 222 valence electrons. The van der Waals surface area contributed by atoms with Gasteiger partial charge >= 0.3 is 6.09 Å². The third kappa shape index (κ3) is 9.22. The van der Waals surface area contributed by atoms with Gasteiger partial charge in [-0.05, 0) is 33.6 Å². The standard InChI is InChI=1S/C23H42N2O13/c1-11(28)25-14-19(37-21-18(32)17(31)15(29)12(9-26)36-21)16(30)13(10-27)35-20(14)34-8-6-5-7-24-22(33)38-23(2,3)4/h12-21,26-27,29-32H,5-10H2,1-4H3,(H,24,33)(H,25,28)/t12-,13-,14-,15+,16-,17+,18-,19-,20+,21+/m1/s1. The van der Waals surface area contributed by atoms with Crippen molar-refractivity contribution in [2.24, 2.45) is 0 Å². The van der Waals surface area contributed by atoms with Gasteiger partial charge in [-0.25, -0.2) is 4.79 Å². The van der Waals surface area contributed by atoms with Gasteiger partial charge in [0.2, 0.25) is 5.91 Å². The maximum absolute atomic E-state index is 11.9. The summed E-state index contributed by atoms with van der Waals surface area (Å²) in [4.78, 5) is 23.7. The van der Waals surface area contributed by atoms with Crippen LogP contribution in [0, 0.1) is 0 Å². The number of carbonyl (C=O) groups is 2. The zero-order valence-electron chi connectivity index (χ0n) is 22.1. The molecule has 0 aliphatic carbocycles. The van der Waals surface area contributed by atoms with Crippen LogP contribution in [-0.2, 0) is 28.5 Å². The molecule has 2 rings (SSSR count). The summed E-state index contributed by atoms with van der Waals surface area (Å²) in [6, 6.07) is -1.14. The molecule has 2 aliphatic rings. The molecular formula is C23H42N2O13. The van der Waals surface area contributed by atoms with Crippen LogP contribution < -0.4 is 10.6 Å². The number of rotatable bonds is 11. The summed E-state index contributed by atoms with van der Waals surface area (Å²) in [5.74, 6) is -0.522. The van der Waals surface area contributed by atoms with Crippen LogP contribution in [0.3, 0.4) is 0 Å². The summed E-state index contributed by atoms with van der Waals surface area (Å²) in [5, 5.41) is 65.6. The van der Waals surface area contributed by atoms with Crippen LogP contribution in [0.5, 0.6) is 0 Å². The van der Waals surface area contributed by atoms with Crippen molar-refractivity contribution in [3.63, 3.8) is 0 Å². The molecule has 2 fully saturated rings. The smallest absolute Gasteiger partial charge is 0.407 e. The van der Waals surface area contributed by atoms with Crippen molar-refractivity contribution in [2.75, 3.05) is 26.4 Å². The summed E-state index contributed by atoms with van der Waals surface area (Å²) in [6.45, 7) is 5.57. The Morgan fingerprint density at radius 1 is 0.868 bits per heavy atom. The molecule has 0 radical (unpaired) electrons. The van der Waals surface area contributed by atoms with E-state index in [2.05, 4.69) is 10.6 Å². The predicted molar refractivity (Wildman–Crippen MR) is 127 cm³/mol. The van der Waals surface area contributed by atoms with Gasteiger partial charge in [0.1, 0.15) is 54.4 Å². The number of ether oxygens (including phenoxy) is 5. The highest BCUT2D eigenvalue weighted by atomic mass is 16.7. The van der Waals surface area contributed by atoms with Gasteiger partial charge in [-0.15, -0.1) is 0 Å². The molecular weight excluding hydrogens is 512 g/mol. The second kappa shape index (κ2) is 14.6. The van der Waals surface area contributed by atoms with Crippen molar-refractivity contribution in [2.45, 2.75) is 107 Å². The number of carbonyl (C=O) groups excluding carboxylic acids is 2. The van der Waals surface area contributed by atoms with Crippen LogP contribution in [0.1, 0.15) is 40.5 Å². The molecule has 10 atom stereocenters. The minimum absolute atomic E-state index is 0.109. The highest BCUT2D eigenvalue weighted by Gasteiger charge is 2.51. The number of aliphatic hydroxyl groups is 6. The van der Waals surface area contributed by atoms with Crippen LogP contribution >= 0.6 is 0 Å². The molecule has 0 bridgehead atoms. The van der Waals surface area contributed by atoms with E-state index < -0.39 is 92.2 Å². The molecule has 0 spiro atoms. The molecule has 8 N–H and O–H groups in total. The highest BCUT2D eigenvalue weighted by Crippen LogP contribution is 2.29. The zero-order valence-corrected chi connectivity index (χ0v) is 22.1. The van der Waals surface area contributed by atoms with Gasteiger partial charge in [0, 0.05) is 20.1 Å². The molecule has 2 aliphatic heterocycles. The summed E-state index contributed by atoms with van der Waals surface area (Å²) >= 11 is 0. The maximum atomic E-state index is 11.9. The third-order valence-corrected chi connectivity index (χ3v) is 5.88. The summed E-state index contributed by atoms with van der Waals surface area (Å²) in [5.41, 5.74) is -0.619. The molecule has 2 saturated heterocycles. The molecule has 0 aromatic heterocycles.